The molecule has 0 bridgehead atoms. The van der Waals surface area contributed by atoms with Crippen LogP contribution in [0.1, 0.15) is 56.5 Å². The van der Waals surface area contributed by atoms with E-state index in [1.165, 1.54) is 12.8 Å². The molecule has 30 heavy (non-hydrogen) atoms. The van der Waals surface area contributed by atoms with E-state index in [9.17, 15) is 4.79 Å². The molecule has 2 aliphatic carbocycles. The molecular weight excluding hydrogens is 370 g/mol. The minimum atomic E-state index is -0.0709. The number of benzene rings is 2. The zero-order valence-corrected chi connectivity index (χ0v) is 19.0. The van der Waals surface area contributed by atoms with Gasteiger partial charge in [-0.1, -0.05) is 27.7 Å². The Morgan fingerprint density at radius 1 is 1.03 bits per heavy atom. The van der Waals surface area contributed by atoms with Gasteiger partial charge in [-0.2, -0.15) is 0 Å². The second kappa shape index (κ2) is 8.07. The lowest BCUT2D eigenvalue weighted by Gasteiger charge is -2.47. The molecule has 1 fully saturated rings. The summed E-state index contributed by atoms with van der Waals surface area (Å²) in [6.07, 6.45) is 2.63. The van der Waals surface area contributed by atoms with E-state index in [2.05, 4.69) is 73.6 Å². The molecule has 4 heteroatoms. The highest BCUT2D eigenvalue weighted by molar-refractivity contribution is 6.03. The fraction of sp³-hybridized carbons (Fsp3) is 0.500. The topological polar surface area (TPSA) is 44.4 Å². The quantitative estimate of drug-likeness (QED) is 0.622. The van der Waals surface area contributed by atoms with E-state index in [0.717, 1.165) is 47.2 Å². The Kier molecular flexibility index (Phi) is 5.63. The van der Waals surface area contributed by atoms with E-state index >= 15 is 0 Å². The number of rotatable bonds is 7. The van der Waals surface area contributed by atoms with Gasteiger partial charge in [-0.25, -0.2) is 0 Å². The number of ketones is 1. The molecule has 1 saturated carbocycles. The van der Waals surface area contributed by atoms with Crippen LogP contribution in [0.5, 0.6) is 0 Å². The van der Waals surface area contributed by atoms with Gasteiger partial charge in [0.2, 0.25) is 0 Å². The van der Waals surface area contributed by atoms with Gasteiger partial charge in [0.05, 0.1) is 6.04 Å². The average molecular weight is 406 g/mol. The average Bonchev–Trinajstić information content (AvgIpc) is 3.56. The largest absolute Gasteiger partial charge is 0.388 e. The number of nitrogens with one attached hydrogen (secondary N) is 2. The van der Waals surface area contributed by atoms with Crippen LogP contribution in [0.2, 0.25) is 0 Å². The van der Waals surface area contributed by atoms with Gasteiger partial charge < -0.3 is 10.6 Å². The summed E-state index contributed by atoms with van der Waals surface area (Å²) >= 11 is 0. The summed E-state index contributed by atoms with van der Waals surface area (Å²) in [4.78, 5) is 16.0. The predicted octanol–water partition coefficient (Wildman–Crippen LogP) is 5.68. The molecule has 2 aromatic carbocycles. The molecule has 0 heterocycles. The molecular formula is C26H35N3O. The Balaban J connectivity index is 1.63. The van der Waals surface area contributed by atoms with Crippen molar-refractivity contribution in [3.63, 3.8) is 0 Å². The van der Waals surface area contributed by atoms with Gasteiger partial charge in [0.1, 0.15) is 0 Å². The normalized spacial score (nSPS) is 22.7. The van der Waals surface area contributed by atoms with E-state index in [1.807, 2.05) is 19.2 Å². The standard InChI is InChI=1S/C26H35N3O/c1-6-29(16-18-7-8-18)24-17(2)26(3,4)23-15-21(13-14-22(23)25(24)30)28-20-11-9-19(27-5)10-12-20/h9-15,17-18,24,27-28H,6-8,16H2,1-5H3/t17-,24-/m0/s1. The maximum atomic E-state index is 13.6. The number of anilines is 3. The van der Waals surface area contributed by atoms with E-state index in [4.69, 9.17) is 0 Å². The Morgan fingerprint density at radius 2 is 1.67 bits per heavy atom. The Hall–Kier alpha value is -2.33. The maximum Gasteiger partial charge on any atom is 0.180 e. The van der Waals surface area contributed by atoms with Crippen molar-refractivity contribution < 1.29 is 4.79 Å². The van der Waals surface area contributed by atoms with Crippen molar-refractivity contribution in [3.8, 4) is 0 Å². The molecule has 0 aliphatic heterocycles. The summed E-state index contributed by atoms with van der Waals surface area (Å²) in [5.74, 6) is 1.35. The zero-order chi connectivity index (χ0) is 21.5. The van der Waals surface area contributed by atoms with Crippen molar-refractivity contribution in [2.45, 2.75) is 52.0 Å². The smallest absolute Gasteiger partial charge is 0.180 e. The SMILES string of the molecule is CCN(CC1CC1)[C@@H]1C(=O)c2ccc(Nc3ccc(NC)cc3)cc2C(C)(C)[C@H]1C. The molecule has 0 spiro atoms. The first-order valence-electron chi connectivity index (χ1n) is 11.3. The number of hydrogen-bond donors (Lipinski definition) is 2. The highest BCUT2D eigenvalue weighted by atomic mass is 16.1. The lowest BCUT2D eigenvalue weighted by atomic mass is 9.63. The van der Waals surface area contributed by atoms with Crippen LogP contribution in [0.4, 0.5) is 17.1 Å². The zero-order valence-electron chi connectivity index (χ0n) is 19.0. The van der Waals surface area contributed by atoms with Crippen LogP contribution in [-0.2, 0) is 5.41 Å². The highest BCUT2D eigenvalue weighted by Crippen LogP contribution is 2.44. The number of hydrogen-bond acceptors (Lipinski definition) is 4. The van der Waals surface area contributed by atoms with E-state index in [-0.39, 0.29) is 17.4 Å². The summed E-state index contributed by atoms with van der Waals surface area (Å²) in [6, 6.07) is 14.5. The molecule has 2 atom stereocenters. The minimum absolute atomic E-state index is 0.0222. The van der Waals surface area contributed by atoms with Crippen molar-refractivity contribution in [3.05, 3.63) is 53.6 Å². The molecule has 0 unspecified atom stereocenters. The number of nitrogens with zero attached hydrogens (tertiary/aromatic N) is 1. The fourth-order valence-corrected chi connectivity index (χ4v) is 4.84. The molecule has 2 aromatic rings. The lowest BCUT2D eigenvalue weighted by molar-refractivity contribution is 0.0595. The first-order valence-corrected chi connectivity index (χ1v) is 11.3. The van der Waals surface area contributed by atoms with Crippen LogP contribution >= 0.6 is 0 Å². The highest BCUT2D eigenvalue weighted by Gasteiger charge is 2.47. The van der Waals surface area contributed by atoms with Crippen LogP contribution in [0.15, 0.2) is 42.5 Å². The molecule has 2 aliphatic rings. The third kappa shape index (κ3) is 3.85. The summed E-state index contributed by atoms with van der Waals surface area (Å²) in [7, 11) is 1.92. The van der Waals surface area contributed by atoms with Crippen LogP contribution in [0.3, 0.4) is 0 Å². The minimum Gasteiger partial charge on any atom is -0.388 e. The van der Waals surface area contributed by atoms with Gasteiger partial charge in [-0.15, -0.1) is 0 Å². The van der Waals surface area contributed by atoms with Crippen molar-refractivity contribution >= 4 is 22.8 Å². The summed E-state index contributed by atoms with van der Waals surface area (Å²) in [5.41, 5.74) is 5.15. The summed E-state index contributed by atoms with van der Waals surface area (Å²) < 4.78 is 0. The number of likely N-dealkylation sites (N-methyl/N-ethyl adjacent to an activating group) is 1. The molecule has 4 nitrogen and oxygen atoms in total. The Bertz CT molecular complexity index is 914. The predicted molar refractivity (Wildman–Crippen MR) is 126 cm³/mol. The first-order chi connectivity index (χ1) is 14.3. The van der Waals surface area contributed by atoms with Crippen LogP contribution in [-0.4, -0.2) is 36.9 Å². The molecule has 160 valence electrons. The van der Waals surface area contributed by atoms with Gasteiger partial charge in [-0.3, -0.25) is 9.69 Å². The lowest BCUT2D eigenvalue weighted by Crippen LogP contribution is -2.55. The van der Waals surface area contributed by atoms with E-state index in [0.29, 0.717) is 5.78 Å². The first kappa shape index (κ1) is 20.9. The third-order valence-corrected chi connectivity index (χ3v) is 7.31. The molecule has 4 rings (SSSR count). The fourth-order valence-electron chi connectivity index (χ4n) is 4.84. The Labute approximate surface area is 181 Å². The molecule has 0 radical (unpaired) electrons. The van der Waals surface area contributed by atoms with Crippen molar-refractivity contribution in [1.29, 1.82) is 0 Å². The van der Waals surface area contributed by atoms with Crippen LogP contribution in [0, 0.1) is 11.8 Å². The number of Topliss-reactive ketones (excluding diaryl/α,β-unsaturated/α-hetero) is 1. The van der Waals surface area contributed by atoms with Gasteiger partial charge in [0.15, 0.2) is 5.78 Å². The monoisotopic (exact) mass is 405 g/mol. The van der Waals surface area contributed by atoms with E-state index < -0.39 is 0 Å². The molecule has 0 saturated heterocycles. The Morgan fingerprint density at radius 3 is 2.27 bits per heavy atom. The second-order valence-electron chi connectivity index (χ2n) is 9.56. The van der Waals surface area contributed by atoms with Crippen molar-refractivity contribution in [2.75, 3.05) is 30.8 Å². The van der Waals surface area contributed by atoms with Crippen LogP contribution < -0.4 is 10.6 Å². The third-order valence-electron chi connectivity index (χ3n) is 7.31. The van der Waals surface area contributed by atoms with Gasteiger partial charge in [0.25, 0.3) is 0 Å². The summed E-state index contributed by atoms with van der Waals surface area (Å²) in [5, 5.41) is 6.65. The van der Waals surface area contributed by atoms with Crippen LogP contribution in [0.25, 0.3) is 0 Å². The number of fused-ring (bicyclic) bond motifs is 1. The van der Waals surface area contributed by atoms with Gasteiger partial charge >= 0.3 is 0 Å². The van der Waals surface area contributed by atoms with Gasteiger partial charge in [0, 0.05) is 36.2 Å². The molecule has 2 N–H and O–H groups in total. The summed E-state index contributed by atoms with van der Waals surface area (Å²) in [6.45, 7) is 11.0. The van der Waals surface area contributed by atoms with E-state index in [1.54, 1.807) is 0 Å². The molecule has 0 aromatic heterocycles. The maximum absolute atomic E-state index is 13.6. The number of carbonyl (C=O) groups excluding carboxylic acids is 1. The van der Waals surface area contributed by atoms with Crippen molar-refractivity contribution in [2.24, 2.45) is 11.8 Å². The van der Waals surface area contributed by atoms with Crippen molar-refractivity contribution in [1.82, 2.24) is 4.90 Å². The number of carbonyl (C=O) groups is 1. The second-order valence-corrected chi connectivity index (χ2v) is 9.56. The molecule has 0 amide bonds. The van der Waals surface area contributed by atoms with Gasteiger partial charge in [-0.05, 0) is 84.7 Å².